The molecule has 0 bridgehead atoms. The SMILES string of the molecule is CC1CC(=O)Nc2c1c(NC(=O)C1CCCC1)nn2C. The topological polar surface area (TPSA) is 76.0 Å². The lowest BCUT2D eigenvalue weighted by Gasteiger charge is -2.20. The fourth-order valence-corrected chi connectivity index (χ4v) is 3.22. The molecule has 6 heteroatoms. The van der Waals surface area contributed by atoms with Gasteiger partial charge >= 0.3 is 0 Å². The van der Waals surface area contributed by atoms with Crippen LogP contribution in [0.5, 0.6) is 0 Å². The highest BCUT2D eigenvalue weighted by molar-refractivity contribution is 5.98. The molecule has 1 fully saturated rings. The van der Waals surface area contributed by atoms with Crippen molar-refractivity contribution >= 4 is 23.5 Å². The molecule has 108 valence electrons. The van der Waals surface area contributed by atoms with E-state index in [9.17, 15) is 9.59 Å². The van der Waals surface area contributed by atoms with E-state index in [1.807, 2.05) is 6.92 Å². The number of nitrogens with one attached hydrogen (secondary N) is 2. The maximum atomic E-state index is 12.2. The summed E-state index contributed by atoms with van der Waals surface area (Å²) < 4.78 is 1.63. The number of carbonyl (C=O) groups is 2. The zero-order valence-corrected chi connectivity index (χ0v) is 11.9. The molecule has 2 N–H and O–H groups in total. The second-order valence-corrected chi connectivity index (χ2v) is 5.86. The summed E-state index contributed by atoms with van der Waals surface area (Å²) in [5.41, 5.74) is 0.943. The molecule has 1 aliphatic heterocycles. The van der Waals surface area contributed by atoms with Crippen LogP contribution in [0.25, 0.3) is 0 Å². The maximum absolute atomic E-state index is 12.2. The Bertz CT molecular complexity index is 558. The van der Waals surface area contributed by atoms with E-state index in [1.165, 1.54) is 0 Å². The lowest BCUT2D eigenvalue weighted by Crippen LogP contribution is -2.24. The van der Waals surface area contributed by atoms with E-state index in [0.717, 1.165) is 31.2 Å². The molecule has 0 saturated heterocycles. The van der Waals surface area contributed by atoms with Gasteiger partial charge in [-0.3, -0.25) is 14.3 Å². The normalized spacial score (nSPS) is 22.5. The van der Waals surface area contributed by atoms with E-state index >= 15 is 0 Å². The number of aromatic nitrogens is 2. The third kappa shape index (κ3) is 2.19. The van der Waals surface area contributed by atoms with Gasteiger partial charge in [0.15, 0.2) is 5.82 Å². The molecule has 0 radical (unpaired) electrons. The van der Waals surface area contributed by atoms with E-state index < -0.39 is 0 Å². The Kier molecular flexibility index (Phi) is 3.23. The van der Waals surface area contributed by atoms with Crippen molar-refractivity contribution in [1.29, 1.82) is 0 Å². The molecule has 0 spiro atoms. The summed E-state index contributed by atoms with van der Waals surface area (Å²) in [5.74, 6) is 1.56. The molecule has 1 atom stereocenters. The number of fused-ring (bicyclic) bond motifs is 1. The van der Waals surface area contributed by atoms with Crippen molar-refractivity contribution in [2.24, 2.45) is 13.0 Å². The second-order valence-electron chi connectivity index (χ2n) is 5.86. The zero-order chi connectivity index (χ0) is 14.3. The van der Waals surface area contributed by atoms with Crippen molar-refractivity contribution in [2.75, 3.05) is 10.6 Å². The van der Waals surface area contributed by atoms with Crippen molar-refractivity contribution in [3.8, 4) is 0 Å². The molecule has 1 unspecified atom stereocenters. The first-order valence-electron chi connectivity index (χ1n) is 7.24. The van der Waals surface area contributed by atoms with Crippen LogP contribution >= 0.6 is 0 Å². The largest absolute Gasteiger partial charge is 0.311 e. The molecule has 2 aliphatic rings. The van der Waals surface area contributed by atoms with E-state index in [1.54, 1.807) is 11.7 Å². The molecule has 1 saturated carbocycles. The molecular formula is C14H20N4O2. The van der Waals surface area contributed by atoms with E-state index in [2.05, 4.69) is 15.7 Å². The van der Waals surface area contributed by atoms with Crippen molar-refractivity contribution in [3.05, 3.63) is 5.56 Å². The molecule has 6 nitrogen and oxygen atoms in total. The smallest absolute Gasteiger partial charge is 0.228 e. The Hall–Kier alpha value is -1.85. The standard InChI is InChI=1S/C14H20N4O2/c1-8-7-10(19)15-13-11(8)12(17-18(13)2)16-14(20)9-5-3-4-6-9/h8-9H,3-7H2,1-2H3,(H,15,19)(H,16,17,20). The summed E-state index contributed by atoms with van der Waals surface area (Å²) in [4.78, 5) is 23.8. The van der Waals surface area contributed by atoms with Crippen molar-refractivity contribution < 1.29 is 9.59 Å². The minimum atomic E-state index is 0.00155. The van der Waals surface area contributed by atoms with Crippen LogP contribution in [0.2, 0.25) is 0 Å². The summed E-state index contributed by atoms with van der Waals surface area (Å²) in [6.45, 7) is 1.99. The van der Waals surface area contributed by atoms with Crippen LogP contribution in [0, 0.1) is 5.92 Å². The fourth-order valence-electron chi connectivity index (χ4n) is 3.22. The van der Waals surface area contributed by atoms with Crippen molar-refractivity contribution in [3.63, 3.8) is 0 Å². The average molecular weight is 276 g/mol. The number of hydrogen-bond acceptors (Lipinski definition) is 3. The Morgan fingerprint density at radius 3 is 2.80 bits per heavy atom. The monoisotopic (exact) mass is 276 g/mol. The van der Waals surface area contributed by atoms with Gasteiger partial charge in [0.25, 0.3) is 0 Å². The fraction of sp³-hybridized carbons (Fsp3) is 0.643. The number of hydrogen-bond donors (Lipinski definition) is 2. The molecular weight excluding hydrogens is 256 g/mol. The first-order valence-corrected chi connectivity index (χ1v) is 7.24. The van der Waals surface area contributed by atoms with Crippen LogP contribution in [0.4, 0.5) is 11.6 Å². The van der Waals surface area contributed by atoms with Gasteiger partial charge in [-0.25, -0.2) is 0 Å². The highest BCUT2D eigenvalue weighted by atomic mass is 16.2. The van der Waals surface area contributed by atoms with Gasteiger partial charge in [-0.2, -0.15) is 5.10 Å². The first kappa shape index (κ1) is 13.1. The average Bonchev–Trinajstić information content (AvgIpc) is 2.99. The Balaban J connectivity index is 1.85. The quantitative estimate of drug-likeness (QED) is 0.867. The number of rotatable bonds is 2. The molecule has 20 heavy (non-hydrogen) atoms. The number of anilines is 2. The highest BCUT2D eigenvalue weighted by Gasteiger charge is 2.31. The molecule has 2 amide bonds. The molecule has 2 heterocycles. The number of aryl methyl sites for hydroxylation is 1. The minimum Gasteiger partial charge on any atom is -0.311 e. The van der Waals surface area contributed by atoms with Crippen LogP contribution in [-0.2, 0) is 16.6 Å². The second kappa shape index (κ2) is 4.92. The van der Waals surface area contributed by atoms with Gasteiger partial charge in [0.05, 0.1) is 0 Å². The first-order chi connectivity index (χ1) is 9.56. The van der Waals surface area contributed by atoms with Crippen molar-refractivity contribution in [2.45, 2.75) is 44.9 Å². The van der Waals surface area contributed by atoms with E-state index in [4.69, 9.17) is 0 Å². The molecule has 0 aromatic carbocycles. The summed E-state index contributed by atoms with van der Waals surface area (Å²) in [6.07, 6.45) is 4.63. The van der Waals surface area contributed by atoms with Gasteiger partial charge in [0.1, 0.15) is 5.82 Å². The predicted molar refractivity (Wildman–Crippen MR) is 75.5 cm³/mol. The Morgan fingerprint density at radius 2 is 2.10 bits per heavy atom. The predicted octanol–water partition coefficient (Wildman–Crippen LogP) is 1.99. The van der Waals surface area contributed by atoms with Gasteiger partial charge in [0, 0.05) is 24.9 Å². The van der Waals surface area contributed by atoms with Crippen molar-refractivity contribution in [1.82, 2.24) is 9.78 Å². The van der Waals surface area contributed by atoms with Gasteiger partial charge in [-0.15, -0.1) is 0 Å². The third-order valence-corrected chi connectivity index (χ3v) is 4.29. The van der Waals surface area contributed by atoms with E-state index in [-0.39, 0.29) is 23.7 Å². The number of amides is 2. The summed E-state index contributed by atoms with van der Waals surface area (Å²) in [5, 5.41) is 10.1. The summed E-state index contributed by atoms with van der Waals surface area (Å²) in [6, 6.07) is 0. The lowest BCUT2D eigenvalue weighted by molar-refractivity contribution is -0.119. The number of carbonyl (C=O) groups excluding carboxylic acids is 2. The lowest BCUT2D eigenvalue weighted by atomic mass is 9.95. The van der Waals surface area contributed by atoms with Gasteiger partial charge in [0.2, 0.25) is 11.8 Å². The van der Waals surface area contributed by atoms with Gasteiger partial charge in [-0.05, 0) is 18.8 Å². The molecule has 1 aliphatic carbocycles. The zero-order valence-electron chi connectivity index (χ0n) is 11.9. The maximum Gasteiger partial charge on any atom is 0.228 e. The third-order valence-electron chi connectivity index (χ3n) is 4.29. The van der Waals surface area contributed by atoms with E-state index in [0.29, 0.717) is 18.1 Å². The van der Waals surface area contributed by atoms with Gasteiger partial charge < -0.3 is 10.6 Å². The van der Waals surface area contributed by atoms with Gasteiger partial charge in [-0.1, -0.05) is 19.8 Å². The number of nitrogens with zero attached hydrogens (tertiary/aromatic N) is 2. The molecule has 1 aromatic rings. The van der Waals surface area contributed by atoms with Crippen LogP contribution in [-0.4, -0.2) is 21.6 Å². The van der Waals surface area contributed by atoms with Crippen LogP contribution in [0.1, 0.15) is 50.5 Å². The minimum absolute atomic E-state index is 0.00155. The van der Waals surface area contributed by atoms with Crippen LogP contribution in [0.3, 0.4) is 0 Å². The highest BCUT2D eigenvalue weighted by Crippen LogP contribution is 2.37. The van der Waals surface area contributed by atoms with Crippen LogP contribution < -0.4 is 10.6 Å². The summed E-state index contributed by atoms with van der Waals surface area (Å²) in [7, 11) is 1.78. The Labute approximate surface area is 117 Å². The molecule has 1 aromatic heterocycles. The Morgan fingerprint density at radius 1 is 1.40 bits per heavy atom. The summed E-state index contributed by atoms with van der Waals surface area (Å²) >= 11 is 0. The van der Waals surface area contributed by atoms with Crippen LogP contribution in [0.15, 0.2) is 0 Å². The molecule has 3 rings (SSSR count).